The summed E-state index contributed by atoms with van der Waals surface area (Å²) in [7, 11) is 0. The highest BCUT2D eigenvalue weighted by Gasteiger charge is 2.16. The average Bonchev–Trinajstić information content (AvgIpc) is 3.24. The Balaban J connectivity index is 1.58. The van der Waals surface area contributed by atoms with E-state index in [1.165, 1.54) is 0 Å². The van der Waals surface area contributed by atoms with Gasteiger partial charge >= 0.3 is 0 Å². The summed E-state index contributed by atoms with van der Waals surface area (Å²) in [5.74, 6) is 0.727. The van der Waals surface area contributed by atoms with E-state index in [0.29, 0.717) is 12.1 Å². The number of hydrogen-bond acceptors (Lipinski definition) is 5. The van der Waals surface area contributed by atoms with Gasteiger partial charge in [0.05, 0.1) is 11.8 Å². The number of carbonyl (C=O) groups excluding carboxylic acids is 1. The molecule has 0 saturated carbocycles. The van der Waals surface area contributed by atoms with Crippen molar-refractivity contribution in [1.29, 1.82) is 0 Å². The largest absolute Gasteiger partial charge is 0.376 e. The van der Waals surface area contributed by atoms with E-state index in [1.807, 2.05) is 42.6 Å². The Hall–Kier alpha value is -2.31. The molecule has 0 bridgehead atoms. The molecule has 160 valence electrons. The third-order valence-electron chi connectivity index (χ3n) is 4.62. The molecule has 1 heterocycles. The number of rotatable bonds is 8. The molecule has 5 nitrogen and oxygen atoms in total. The lowest BCUT2D eigenvalue weighted by Gasteiger charge is -2.13. The van der Waals surface area contributed by atoms with Crippen molar-refractivity contribution in [3.05, 3.63) is 59.7 Å². The van der Waals surface area contributed by atoms with E-state index in [9.17, 15) is 4.79 Å². The predicted molar refractivity (Wildman–Crippen MR) is 125 cm³/mol. The van der Waals surface area contributed by atoms with Gasteiger partial charge in [-0.3, -0.25) is 10.2 Å². The maximum Gasteiger partial charge on any atom is 0.251 e. The second kappa shape index (κ2) is 10.6. The van der Waals surface area contributed by atoms with Crippen molar-refractivity contribution in [3.8, 4) is 0 Å². The number of thioether (sulfide) groups is 1. The van der Waals surface area contributed by atoms with Crippen LogP contribution in [0, 0.1) is 5.41 Å². The molecule has 0 spiro atoms. The molecular formula is C24H31N3O2S. The molecule has 2 aromatic rings. The lowest BCUT2D eigenvalue weighted by molar-refractivity contribution is 0.0857. The summed E-state index contributed by atoms with van der Waals surface area (Å²) in [4.78, 5) is 13.6. The first kappa shape index (κ1) is 22.4. The van der Waals surface area contributed by atoms with Crippen molar-refractivity contribution >= 4 is 29.6 Å². The Labute approximate surface area is 183 Å². The highest BCUT2D eigenvalue weighted by atomic mass is 32.2. The standard InChI is InChI=1S/C24H31N3O2S/c1-24(2,3)17-26-27-21-11-4-5-12-22(21)30-16-18-8-6-9-19(14-18)23(28)25-15-20-10-7-13-29-20/h4-6,8-9,11-12,14,17,20,27H,7,10,13,15-16H2,1-3H3,(H,25,28)/b26-17+. The molecule has 1 aliphatic rings. The summed E-state index contributed by atoms with van der Waals surface area (Å²) in [6, 6.07) is 15.9. The molecule has 0 aliphatic carbocycles. The molecule has 1 amide bonds. The van der Waals surface area contributed by atoms with Gasteiger partial charge in [0.25, 0.3) is 5.91 Å². The Kier molecular flexibility index (Phi) is 7.94. The zero-order chi connectivity index (χ0) is 21.4. The minimum atomic E-state index is -0.0454. The van der Waals surface area contributed by atoms with Crippen molar-refractivity contribution in [1.82, 2.24) is 5.32 Å². The third-order valence-corrected chi connectivity index (χ3v) is 5.77. The van der Waals surface area contributed by atoms with Gasteiger partial charge in [-0.15, -0.1) is 11.8 Å². The summed E-state index contributed by atoms with van der Waals surface area (Å²) in [6.45, 7) is 7.71. The molecular weight excluding hydrogens is 394 g/mol. The monoisotopic (exact) mass is 425 g/mol. The van der Waals surface area contributed by atoms with Gasteiger partial charge in [0, 0.05) is 35.6 Å². The lowest BCUT2D eigenvalue weighted by atomic mass is 9.99. The van der Waals surface area contributed by atoms with Gasteiger partial charge < -0.3 is 10.1 Å². The first-order valence-corrected chi connectivity index (χ1v) is 11.4. The molecule has 0 radical (unpaired) electrons. The molecule has 1 fully saturated rings. The molecule has 1 atom stereocenters. The molecule has 1 saturated heterocycles. The van der Waals surface area contributed by atoms with Gasteiger partial charge in [-0.1, -0.05) is 45.0 Å². The first-order chi connectivity index (χ1) is 14.4. The fourth-order valence-corrected chi connectivity index (χ4v) is 4.00. The van der Waals surface area contributed by atoms with E-state index < -0.39 is 0 Å². The Morgan fingerprint density at radius 2 is 2.07 bits per heavy atom. The van der Waals surface area contributed by atoms with Crippen LogP contribution in [-0.2, 0) is 10.5 Å². The van der Waals surface area contributed by atoms with Crippen molar-refractivity contribution in [2.24, 2.45) is 10.5 Å². The van der Waals surface area contributed by atoms with Gasteiger partial charge in [-0.05, 0) is 48.1 Å². The number of nitrogens with zero attached hydrogens (tertiary/aromatic N) is 1. The number of benzene rings is 2. The zero-order valence-electron chi connectivity index (χ0n) is 18.0. The summed E-state index contributed by atoms with van der Waals surface area (Å²) < 4.78 is 5.57. The fraction of sp³-hybridized carbons (Fsp3) is 0.417. The van der Waals surface area contributed by atoms with Gasteiger partial charge in [-0.2, -0.15) is 5.10 Å². The molecule has 2 N–H and O–H groups in total. The van der Waals surface area contributed by atoms with Gasteiger partial charge in [-0.25, -0.2) is 0 Å². The highest BCUT2D eigenvalue weighted by Crippen LogP contribution is 2.30. The molecule has 2 aromatic carbocycles. The number of amides is 1. The summed E-state index contributed by atoms with van der Waals surface area (Å²) in [5, 5.41) is 7.36. The summed E-state index contributed by atoms with van der Waals surface area (Å²) >= 11 is 1.72. The van der Waals surface area contributed by atoms with E-state index >= 15 is 0 Å². The van der Waals surface area contributed by atoms with Crippen molar-refractivity contribution in [2.45, 2.75) is 50.4 Å². The lowest BCUT2D eigenvalue weighted by Crippen LogP contribution is -2.31. The maximum absolute atomic E-state index is 12.5. The smallest absolute Gasteiger partial charge is 0.251 e. The van der Waals surface area contributed by atoms with Crippen LogP contribution >= 0.6 is 11.8 Å². The van der Waals surface area contributed by atoms with Crippen LogP contribution in [0.4, 0.5) is 5.69 Å². The highest BCUT2D eigenvalue weighted by molar-refractivity contribution is 7.98. The first-order valence-electron chi connectivity index (χ1n) is 10.4. The van der Waals surface area contributed by atoms with E-state index in [4.69, 9.17) is 4.74 Å². The van der Waals surface area contributed by atoms with Crippen LogP contribution in [0.1, 0.15) is 49.5 Å². The van der Waals surface area contributed by atoms with E-state index in [-0.39, 0.29) is 17.4 Å². The number of hydrogen-bond donors (Lipinski definition) is 2. The summed E-state index contributed by atoms with van der Waals surface area (Å²) in [5.41, 5.74) is 5.96. The van der Waals surface area contributed by atoms with Crippen LogP contribution in [0.2, 0.25) is 0 Å². The van der Waals surface area contributed by atoms with Gasteiger partial charge in [0.1, 0.15) is 0 Å². The fourth-order valence-electron chi connectivity index (χ4n) is 3.06. The number of ether oxygens (including phenoxy) is 1. The normalized spacial score (nSPS) is 16.7. The minimum Gasteiger partial charge on any atom is -0.376 e. The summed E-state index contributed by atoms with van der Waals surface area (Å²) in [6.07, 6.45) is 4.15. The topological polar surface area (TPSA) is 62.7 Å². The minimum absolute atomic E-state index is 0.0278. The molecule has 3 rings (SSSR count). The van der Waals surface area contributed by atoms with Crippen LogP contribution in [0.15, 0.2) is 58.5 Å². The van der Waals surface area contributed by atoms with Crippen molar-refractivity contribution in [2.75, 3.05) is 18.6 Å². The molecule has 1 unspecified atom stereocenters. The van der Waals surface area contributed by atoms with Crippen molar-refractivity contribution < 1.29 is 9.53 Å². The number of hydrazone groups is 1. The van der Waals surface area contributed by atoms with E-state index in [0.717, 1.165) is 41.3 Å². The number of carbonyl (C=O) groups is 1. The number of para-hydroxylation sites is 1. The maximum atomic E-state index is 12.5. The van der Waals surface area contributed by atoms with Crippen LogP contribution in [0.3, 0.4) is 0 Å². The van der Waals surface area contributed by atoms with Crippen LogP contribution in [0.25, 0.3) is 0 Å². The van der Waals surface area contributed by atoms with Gasteiger partial charge in [0.15, 0.2) is 0 Å². The third kappa shape index (κ3) is 7.18. The second-order valence-corrected chi connectivity index (χ2v) is 9.58. The zero-order valence-corrected chi connectivity index (χ0v) is 18.8. The van der Waals surface area contributed by atoms with Crippen LogP contribution in [0.5, 0.6) is 0 Å². The molecule has 30 heavy (non-hydrogen) atoms. The SMILES string of the molecule is CC(C)(C)/C=N/Nc1ccccc1SCc1cccc(C(=O)NCC2CCCO2)c1. The Morgan fingerprint density at radius 1 is 1.23 bits per heavy atom. The number of nitrogens with one attached hydrogen (secondary N) is 2. The van der Waals surface area contributed by atoms with E-state index in [2.05, 4.69) is 48.7 Å². The molecule has 1 aliphatic heterocycles. The molecule has 6 heteroatoms. The predicted octanol–water partition coefficient (Wildman–Crippen LogP) is 5.33. The second-order valence-electron chi connectivity index (χ2n) is 8.57. The van der Waals surface area contributed by atoms with E-state index in [1.54, 1.807) is 11.8 Å². The van der Waals surface area contributed by atoms with Gasteiger partial charge in [0.2, 0.25) is 0 Å². The van der Waals surface area contributed by atoms with Crippen molar-refractivity contribution in [3.63, 3.8) is 0 Å². The van der Waals surface area contributed by atoms with Crippen LogP contribution in [-0.4, -0.2) is 31.4 Å². The quantitative estimate of drug-likeness (QED) is 0.341. The number of anilines is 1. The molecule has 0 aromatic heterocycles. The Bertz CT molecular complexity index is 871. The Morgan fingerprint density at radius 3 is 2.83 bits per heavy atom. The van der Waals surface area contributed by atoms with Crippen LogP contribution < -0.4 is 10.7 Å². The average molecular weight is 426 g/mol.